The highest BCUT2D eigenvalue weighted by Gasteiger charge is 2.13. The summed E-state index contributed by atoms with van der Waals surface area (Å²) in [6.45, 7) is 1.82. The maximum absolute atomic E-state index is 10.6. The highest BCUT2D eigenvalue weighted by Crippen LogP contribution is 2.22. The van der Waals surface area contributed by atoms with Crippen molar-refractivity contribution >= 4 is 17.3 Å². The molecule has 1 atom stereocenters. The van der Waals surface area contributed by atoms with E-state index in [9.17, 15) is 4.79 Å². The van der Waals surface area contributed by atoms with Gasteiger partial charge in [0.05, 0.1) is 11.4 Å². The zero-order chi connectivity index (χ0) is 12.3. The highest BCUT2D eigenvalue weighted by atomic mass is 32.1. The average molecular weight is 253 g/mol. The number of carbonyl (C=O) groups is 1. The third kappa shape index (κ3) is 2.89. The summed E-state index contributed by atoms with van der Waals surface area (Å²) in [6, 6.07) is 3.14. The van der Waals surface area contributed by atoms with Crippen LogP contribution in [0, 0.1) is 0 Å². The molecular weight excluding hydrogens is 242 g/mol. The van der Waals surface area contributed by atoms with Crippen LogP contribution in [0.2, 0.25) is 0 Å². The molecule has 0 amide bonds. The van der Waals surface area contributed by atoms with Gasteiger partial charge in [-0.3, -0.25) is 10.1 Å². The Morgan fingerprint density at radius 1 is 1.71 bits per heavy atom. The maximum Gasteiger partial charge on any atom is 0.320 e. The van der Waals surface area contributed by atoms with Gasteiger partial charge in [0.15, 0.2) is 5.82 Å². The van der Waals surface area contributed by atoms with Crippen molar-refractivity contribution < 1.29 is 14.4 Å². The fourth-order valence-electron chi connectivity index (χ4n) is 1.16. The predicted octanol–water partition coefficient (Wildman–Crippen LogP) is 1.36. The summed E-state index contributed by atoms with van der Waals surface area (Å²) in [4.78, 5) is 15.6. The zero-order valence-corrected chi connectivity index (χ0v) is 9.90. The smallest absolute Gasteiger partial charge is 0.320 e. The van der Waals surface area contributed by atoms with E-state index < -0.39 is 12.0 Å². The molecule has 0 unspecified atom stereocenters. The molecule has 0 saturated carbocycles. The van der Waals surface area contributed by atoms with E-state index in [-0.39, 0.29) is 6.54 Å². The largest absolute Gasteiger partial charge is 0.480 e. The van der Waals surface area contributed by atoms with Crippen LogP contribution in [0.3, 0.4) is 0 Å². The van der Waals surface area contributed by atoms with Gasteiger partial charge in [0.1, 0.15) is 6.04 Å². The second-order valence-corrected chi connectivity index (χ2v) is 4.38. The third-order valence-corrected chi connectivity index (χ3v) is 2.99. The van der Waals surface area contributed by atoms with Gasteiger partial charge in [0, 0.05) is 0 Å². The third-order valence-electron chi connectivity index (χ3n) is 2.14. The number of carboxylic acid groups (broad SMARTS) is 1. The standard InChI is InChI=1S/C10H11N3O3S/c1-6(10(14)15)11-5-8-12-9(16-13-8)7-3-2-4-17-7/h2-4,6,11H,5H2,1H3,(H,14,15)/t6-/m1/s1. The van der Waals surface area contributed by atoms with Gasteiger partial charge in [-0.05, 0) is 18.4 Å². The van der Waals surface area contributed by atoms with E-state index in [1.54, 1.807) is 6.92 Å². The summed E-state index contributed by atoms with van der Waals surface area (Å²) in [7, 11) is 0. The summed E-state index contributed by atoms with van der Waals surface area (Å²) in [5.74, 6) is -0.00625. The number of nitrogens with one attached hydrogen (secondary N) is 1. The van der Waals surface area contributed by atoms with E-state index in [0.717, 1.165) is 4.88 Å². The summed E-state index contributed by atoms with van der Waals surface area (Å²) in [5, 5.41) is 17.2. The summed E-state index contributed by atoms with van der Waals surface area (Å²) in [6.07, 6.45) is 0. The number of hydrogen-bond acceptors (Lipinski definition) is 6. The Balaban J connectivity index is 1.97. The van der Waals surface area contributed by atoms with Crippen molar-refractivity contribution in [3.63, 3.8) is 0 Å². The number of aliphatic carboxylic acids is 1. The van der Waals surface area contributed by atoms with E-state index in [0.29, 0.717) is 11.7 Å². The molecule has 0 fully saturated rings. The van der Waals surface area contributed by atoms with Gasteiger partial charge in [0.25, 0.3) is 5.89 Å². The van der Waals surface area contributed by atoms with Crippen molar-refractivity contribution in [1.29, 1.82) is 0 Å². The molecule has 2 N–H and O–H groups in total. The van der Waals surface area contributed by atoms with Gasteiger partial charge in [-0.2, -0.15) is 4.98 Å². The van der Waals surface area contributed by atoms with Crippen LogP contribution in [0.5, 0.6) is 0 Å². The topological polar surface area (TPSA) is 88.3 Å². The van der Waals surface area contributed by atoms with Crippen molar-refractivity contribution in [1.82, 2.24) is 15.5 Å². The molecule has 0 aliphatic rings. The Labute approximate surface area is 101 Å². The molecule has 0 aromatic carbocycles. The van der Waals surface area contributed by atoms with Crippen molar-refractivity contribution in [2.45, 2.75) is 19.5 Å². The zero-order valence-electron chi connectivity index (χ0n) is 9.08. The molecule has 2 aromatic heterocycles. The van der Waals surface area contributed by atoms with Crippen LogP contribution < -0.4 is 5.32 Å². The van der Waals surface area contributed by atoms with Crippen LogP contribution in [-0.4, -0.2) is 27.3 Å². The highest BCUT2D eigenvalue weighted by molar-refractivity contribution is 7.13. The molecule has 90 valence electrons. The molecule has 0 bridgehead atoms. The molecule has 6 nitrogen and oxygen atoms in total. The fourth-order valence-corrected chi connectivity index (χ4v) is 1.80. The van der Waals surface area contributed by atoms with E-state index in [1.807, 2.05) is 17.5 Å². The lowest BCUT2D eigenvalue weighted by atomic mass is 10.3. The molecule has 0 spiro atoms. The number of rotatable bonds is 5. The Bertz CT molecular complexity index is 495. The SMILES string of the molecule is C[C@@H](NCc1noc(-c2cccs2)n1)C(=O)O. The molecule has 0 radical (unpaired) electrons. The first-order valence-electron chi connectivity index (χ1n) is 4.99. The lowest BCUT2D eigenvalue weighted by Crippen LogP contribution is -2.33. The summed E-state index contributed by atoms with van der Waals surface area (Å²) in [5.41, 5.74) is 0. The molecule has 0 saturated heterocycles. The number of aromatic nitrogens is 2. The molecule has 2 heterocycles. The van der Waals surface area contributed by atoms with E-state index in [4.69, 9.17) is 9.63 Å². The fraction of sp³-hybridized carbons (Fsp3) is 0.300. The van der Waals surface area contributed by atoms with Crippen molar-refractivity contribution in [3.8, 4) is 10.8 Å². The lowest BCUT2D eigenvalue weighted by molar-refractivity contribution is -0.139. The van der Waals surface area contributed by atoms with Crippen LogP contribution in [0.15, 0.2) is 22.0 Å². The molecule has 7 heteroatoms. The molecule has 0 aliphatic heterocycles. The van der Waals surface area contributed by atoms with Gasteiger partial charge in [-0.25, -0.2) is 0 Å². The van der Waals surface area contributed by atoms with Gasteiger partial charge >= 0.3 is 5.97 Å². The van der Waals surface area contributed by atoms with Crippen molar-refractivity contribution in [2.24, 2.45) is 0 Å². The average Bonchev–Trinajstić information content (AvgIpc) is 2.95. The summed E-state index contributed by atoms with van der Waals surface area (Å²) >= 11 is 1.51. The van der Waals surface area contributed by atoms with E-state index >= 15 is 0 Å². The Hall–Kier alpha value is -1.73. The number of carboxylic acids is 1. The number of hydrogen-bond donors (Lipinski definition) is 2. The van der Waals surface area contributed by atoms with Crippen LogP contribution in [0.25, 0.3) is 10.8 Å². The van der Waals surface area contributed by atoms with Crippen LogP contribution in [0.4, 0.5) is 0 Å². The van der Waals surface area contributed by atoms with Crippen molar-refractivity contribution in [2.75, 3.05) is 0 Å². The molecule has 0 aliphatic carbocycles. The van der Waals surface area contributed by atoms with Crippen LogP contribution in [0.1, 0.15) is 12.7 Å². The first-order valence-corrected chi connectivity index (χ1v) is 5.87. The van der Waals surface area contributed by atoms with Crippen LogP contribution >= 0.6 is 11.3 Å². The number of thiophene rings is 1. The van der Waals surface area contributed by atoms with Crippen LogP contribution in [-0.2, 0) is 11.3 Å². The normalized spacial score (nSPS) is 12.5. The second-order valence-electron chi connectivity index (χ2n) is 3.43. The molecular formula is C10H11N3O3S. The predicted molar refractivity (Wildman–Crippen MR) is 61.5 cm³/mol. The molecule has 2 rings (SSSR count). The van der Waals surface area contributed by atoms with Gasteiger partial charge < -0.3 is 9.63 Å². The number of nitrogens with zero attached hydrogens (tertiary/aromatic N) is 2. The quantitative estimate of drug-likeness (QED) is 0.836. The van der Waals surface area contributed by atoms with Crippen molar-refractivity contribution in [3.05, 3.63) is 23.3 Å². The molecule has 2 aromatic rings. The molecule has 17 heavy (non-hydrogen) atoms. The Morgan fingerprint density at radius 2 is 2.53 bits per heavy atom. The minimum absolute atomic E-state index is 0.266. The first kappa shape index (κ1) is 11.7. The minimum Gasteiger partial charge on any atom is -0.480 e. The maximum atomic E-state index is 10.6. The Kier molecular flexibility index (Phi) is 3.50. The minimum atomic E-state index is -0.910. The monoisotopic (exact) mass is 253 g/mol. The van der Waals surface area contributed by atoms with Gasteiger partial charge in [-0.15, -0.1) is 11.3 Å². The second kappa shape index (κ2) is 5.07. The van der Waals surface area contributed by atoms with Gasteiger partial charge in [0.2, 0.25) is 0 Å². The van der Waals surface area contributed by atoms with Gasteiger partial charge in [-0.1, -0.05) is 11.2 Å². The van der Waals surface area contributed by atoms with E-state index in [1.165, 1.54) is 11.3 Å². The first-order chi connectivity index (χ1) is 8.16. The lowest BCUT2D eigenvalue weighted by Gasteiger charge is -2.05. The summed E-state index contributed by atoms with van der Waals surface area (Å²) < 4.78 is 5.06. The van der Waals surface area contributed by atoms with E-state index in [2.05, 4.69) is 15.5 Å². The Morgan fingerprint density at radius 3 is 3.18 bits per heavy atom.